The summed E-state index contributed by atoms with van der Waals surface area (Å²) in [5.74, 6) is 0. The van der Waals surface area contributed by atoms with Crippen molar-refractivity contribution in [3.05, 3.63) is 57.0 Å². The van der Waals surface area contributed by atoms with Crippen molar-refractivity contribution in [3.8, 4) is 0 Å². The van der Waals surface area contributed by atoms with E-state index in [2.05, 4.69) is 9.97 Å². The zero-order valence-electron chi connectivity index (χ0n) is 12.4. The Morgan fingerprint density at radius 2 is 2.13 bits per heavy atom. The number of rotatable bonds is 3. The van der Waals surface area contributed by atoms with Gasteiger partial charge in [-0.05, 0) is 31.5 Å². The molecule has 1 aromatic carbocycles. The lowest BCUT2D eigenvalue weighted by Gasteiger charge is -2.17. The summed E-state index contributed by atoms with van der Waals surface area (Å²) in [7, 11) is 0. The van der Waals surface area contributed by atoms with Crippen molar-refractivity contribution in [2.24, 2.45) is 0 Å². The van der Waals surface area contributed by atoms with Gasteiger partial charge in [0, 0.05) is 23.3 Å². The number of nitro groups is 1. The molecule has 2 aromatic heterocycles. The number of hydrogen-bond acceptors (Lipinski definition) is 5. The Kier molecular flexibility index (Phi) is 3.67. The summed E-state index contributed by atoms with van der Waals surface area (Å²) in [5, 5.41) is 23.5. The minimum absolute atomic E-state index is 0.0298. The van der Waals surface area contributed by atoms with Gasteiger partial charge in [0.2, 0.25) is 0 Å². The van der Waals surface area contributed by atoms with Crippen molar-refractivity contribution in [1.82, 2.24) is 9.97 Å². The highest BCUT2D eigenvalue weighted by Crippen LogP contribution is 2.36. The monoisotopic (exact) mass is 332 g/mol. The van der Waals surface area contributed by atoms with Crippen LogP contribution in [0.5, 0.6) is 0 Å². The molecule has 0 spiro atoms. The number of hydrogen-bond donors (Lipinski definition) is 2. The van der Waals surface area contributed by atoms with Gasteiger partial charge in [-0.1, -0.05) is 11.6 Å². The molecule has 23 heavy (non-hydrogen) atoms. The van der Waals surface area contributed by atoms with Crippen LogP contribution >= 0.6 is 11.6 Å². The topological polar surface area (TPSA) is 95.3 Å². The Morgan fingerprint density at radius 1 is 1.39 bits per heavy atom. The molecule has 3 aromatic rings. The predicted octanol–water partition coefficient (Wildman–Crippen LogP) is 4.27. The largest absolute Gasteiger partial charge is 0.357 e. The number of halogens is 1. The van der Waals surface area contributed by atoms with E-state index in [-0.39, 0.29) is 11.4 Å². The molecule has 0 unspecified atom stereocenters. The van der Waals surface area contributed by atoms with E-state index in [0.29, 0.717) is 10.7 Å². The Hall–Kier alpha value is -2.64. The highest BCUT2D eigenvalue weighted by atomic mass is 35.5. The quantitative estimate of drug-likeness (QED) is 0.551. The van der Waals surface area contributed by atoms with Gasteiger partial charge in [0.1, 0.15) is 0 Å². The molecule has 0 bridgehead atoms. The zero-order chi connectivity index (χ0) is 16.7. The molecular formula is C15H13ClN4O3. The standard InChI is InChI=1S/C15H13ClN4O3/c1-8-9(2)18-15-11(8)5-10(6-12(15)16)19(21)14-7-17-4-3-13(14)20(22)23/h3-7,18,21H,1-2H3. The maximum Gasteiger partial charge on any atom is 0.298 e. The van der Waals surface area contributed by atoms with Crippen LogP contribution < -0.4 is 5.06 Å². The van der Waals surface area contributed by atoms with E-state index in [1.807, 2.05) is 13.8 Å². The van der Waals surface area contributed by atoms with Crippen molar-refractivity contribution < 1.29 is 10.1 Å². The minimum atomic E-state index is -0.577. The van der Waals surface area contributed by atoms with Gasteiger partial charge in [0.05, 0.1) is 27.3 Å². The summed E-state index contributed by atoms with van der Waals surface area (Å²) in [6.07, 6.45) is 2.52. The molecule has 0 aliphatic heterocycles. The minimum Gasteiger partial charge on any atom is -0.357 e. The first kappa shape index (κ1) is 15.3. The number of fused-ring (bicyclic) bond motifs is 1. The molecule has 2 heterocycles. The van der Waals surface area contributed by atoms with E-state index < -0.39 is 4.92 Å². The number of benzene rings is 1. The summed E-state index contributed by atoms with van der Waals surface area (Å²) in [6, 6.07) is 4.48. The Bertz CT molecular complexity index is 922. The fraction of sp³-hybridized carbons (Fsp3) is 0.133. The smallest absolute Gasteiger partial charge is 0.298 e. The molecule has 0 aliphatic carbocycles. The van der Waals surface area contributed by atoms with Crippen LogP contribution in [0.1, 0.15) is 11.3 Å². The number of H-pyrrole nitrogens is 1. The molecule has 0 amide bonds. The third kappa shape index (κ3) is 2.49. The highest BCUT2D eigenvalue weighted by Gasteiger charge is 2.21. The van der Waals surface area contributed by atoms with Crippen LogP contribution in [-0.4, -0.2) is 20.1 Å². The second kappa shape index (κ2) is 5.53. The normalized spacial score (nSPS) is 11.0. The molecule has 3 rings (SSSR count). The first-order valence-corrected chi connectivity index (χ1v) is 7.13. The summed E-state index contributed by atoms with van der Waals surface area (Å²) in [6.45, 7) is 3.86. The van der Waals surface area contributed by atoms with Crippen LogP contribution in [0.15, 0.2) is 30.6 Å². The van der Waals surface area contributed by atoms with Crippen LogP contribution in [-0.2, 0) is 0 Å². The molecule has 0 radical (unpaired) electrons. The third-order valence-corrected chi connectivity index (χ3v) is 4.10. The van der Waals surface area contributed by atoms with E-state index in [1.54, 1.807) is 6.07 Å². The number of aryl methyl sites for hydroxylation is 2. The van der Waals surface area contributed by atoms with Crippen LogP contribution in [0.2, 0.25) is 5.02 Å². The van der Waals surface area contributed by atoms with Crippen LogP contribution in [0, 0.1) is 24.0 Å². The molecule has 0 atom stereocenters. The average molecular weight is 333 g/mol. The third-order valence-electron chi connectivity index (χ3n) is 3.80. The Balaban J connectivity index is 2.17. The molecule has 0 fully saturated rings. The van der Waals surface area contributed by atoms with Crippen molar-refractivity contribution in [3.63, 3.8) is 0 Å². The summed E-state index contributed by atoms with van der Waals surface area (Å²) >= 11 is 6.26. The number of nitrogens with zero attached hydrogens (tertiary/aromatic N) is 3. The Morgan fingerprint density at radius 3 is 2.83 bits per heavy atom. The molecule has 8 heteroatoms. The van der Waals surface area contributed by atoms with Crippen molar-refractivity contribution in [1.29, 1.82) is 0 Å². The lowest BCUT2D eigenvalue weighted by atomic mass is 10.1. The number of pyridine rings is 1. The van der Waals surface area contributed by atoms with Gasteiger partial charge in [-0.2, -0.15) is 0 Å². The van der Waals surface area contributed by atoms with Gasteiger partial charge >= 0.3 is 0 Å². The number of nitrogens with one attached hydrogen (secondary N) is 1. The van der Waals surface area contributed by atoms with Gasteiger partial charge in [0.25, 0.3) is 5.69 Å². The fourth-order valence-corrected chi connectivity index (χ4v) is 2.72. The van der Waals surface area contributed by atoms with E-state index in [1.165, 1.54) is 24.5 Å². The molecule has 2 N–H and O–H groups in total. The molecule has 0 saturated carbocycles. The number of anilines is 2. The van der Waals surface area contributed by atoms with E-state index in [9.17, 15) is 15.3 Å². The summed E-state index contributed by atoms with van der Waals surface area (Å²) in [5.41, 5.74) is 2.77. The summed E-state index contributed by atoms with van der Waals surface area (Å²) in [4.78, 5) is 17.5. The molecule has 0 aliphatic rings. The maximum atomic E-state index is 11.1. The first-order valence-electron chi connectivity index (χ1n) is 6.76. The summed E-state index contributed by atoms with van der Waals surface area (Å²) < 4.78 is 0. The fourth-order valence-electron chi connectivity index (χ4n) is 2.46. The molecular weight excluding hydrogens is 320 g/mol. The van der Waals surface area contributed by atoms with Crippen molar-refractivity contribution in [2.45, 2.75) is 13.8 Å². The van der Waals surface area contributed by atoms with E-state index in [4.69, 9.17) is 11.6 Å². The first-order chi connectivity index (χ1) is 10.9. The lowest BCUT2D eigenvalue weighted by Crippen LogP contribution is -2.12. The molecule has 118 valence electrons. The van der Waals surface area contributed by atoms with Crippen LogP contribution in [0.25, 0.3) is 10.9 Å². The predicted molar refractivity (Wildman–Crippen MR) is 87.6 cm³/mol. The van der Waals surface area contributed by atoms with Gasteiger partial charge in [-0.3, -0.25) is 20.3 Å². The van der Waals surface area contributed by atoms with E-state index in [0.717, 1.165) is 27.2 Å². The lowest BCUT2D eigenvalue weighted by molar-refractivity contribution is -0.384. The van der Waals surface area contributed by atoms with Crippen molar-refractivity contribution >= 4 is 39.6 Å². The zero-order valence-corrected chi connectivity index (χ0v) is 13.1. The second-order valence-corrected chi connectivity index (χ2v) is 5.57. The average Bonchev–Trinajstić information content (AvgIpc) is 2.82. The van der Waals surface area contributed by atoms with Gasteiger partial charge in [-0.15, -0.1) is 0 Å². The van der Waals surface area contributed by atoms with Gasteiger partial charge in [0.15, 0.2) is 5.69 Å². The highest BCUT2D eigenvalue weighted by molar-refractivity contribution is 6.35. The van der Waals surface area contributed by atoms with Crippen LogP contribution in [0.3, 0.4) is 0 Å². The van der Waals surface area contributed by atoms with E-state index >= 15 is 0 Å². The number of aromatic amines is 1. The Labute approximate surface area is 136 Å². The van der Waals surface area contributed by atoms with Crippen LogP contribution in [0.4, 0.5) is 17.1 Å². The second-order valence-electron chi connectivity index (χ2n) is 5.16. The molecule has 7 nitrogen and oxygen atoms in total. The maximum absolute atomic E-state index is 11.1. The van der Waals surface area contributed by atoms with Crippen molar-refractivity contribution in [2.75, 3.05) is 5.06 Å². The molecule has 0 saturated heterocycles. The van der Waals surface area contributed by atoms with Gasteiger partial charge in [-0.25, -0.2) is 5.06 Å². The SMILES string of the molecule is Cc1[nH]c2c(Cl)cc(N(O)c3cnccc3[N+](=O)[O-])cc2c1C. The van der Waals surface area contributed by atoms with Gasteiger partial charge < -0.3 is 4.98 Å². The number of aromatic nitrogens is 2.